The predicted molar refractivity (Wildman–Crippen MR) is 63.9 cm³/mol. The fourth-order valence-corrected chi connectivity index (χ4v) is 2.41. The summed E-state index contributed by atoms with van der Waals surface area (Å²) in [6.45, 7) is 0. The Kier molecular flexibility index (Phi) is 3.07. The van der Waals surface area contributed by atoms with E-state index >= 15 is 0 Å². The standard InChI is InChI=1S/C13H17NO3/c1-16-11-6-4-3-5-10(11)9-7-13(14,8-9)12(15)17-2/h3-6,9H,7-8,14H2,1-2H3. The summed E-state index contributed by atoms with van der Waals surface area (Å²) in [5.41, 5.74) is 6.25. The Morgan fingerprint density at radius 3 is 2.59 bits per heavy atom. The Morgan fingerprint density at radius 1 is 1.35 bits per heavy atom. The molecule has 1 aliphatic carbocycles. The quantitative estimate of drug-likeness (QED) is 0.805. The average Bonchev–Trinajstić information content (AvgIpc) is 2.33. The maximum atomic E-state index is 11.5. The van der Waals surface area contributed by atoms with E-state index in [1.165, 1.54) is 7.11 Å². The number of hydrogen-bond acceptors (Lipinski definition) is 4. The van der Waals surface area contributed by atoms with Gasteiger partial charge in [-0.3, -0.25) is 4.79 Å². The van der Waals surface area contributed by atoms with Crippen LogP contribution >= 0.6 is 0 Å². The minimum absolute atomic E-state index is 0.273. The third-order valence-electron chi connectivity index (χ3n) is 3.39. The molecule has 0 saturated heterocycles. The smallest absolute Gasteiger partial charge is 0.325 e. The summed E-state index contributed by atoms with van der Waals surface area (Å²) in [4.78, 5) is 11.5. The largest absolute Gasteiger partial charge is 0.496 e. The molecule has 4 heteroatoms. The molecule has 0 bridgehead atoms. The zero-order valence-corrected chi connectivity index (χ0v) is 10.1. The van der Waals surface area contributed by atoms with Crippen LogP contribution in [0, 0.1) is 0 Å². The van der Waals surface area contributed by atoms with Crippen LogP contribution in [0.2, 0.25) is 0 Å². The van der Waals surface area contributed by atoms with Crippen LogP contribution in [-0.4, -0.2) is 25.7 Å². The van der Waals surface area contributed by atoms with Crippen LogP contribution in [-0.2, 0) is 9.53 Å². The van der Waals surface area contributed by atoms with Crippen LogP contribution in [0.5, 0.6) is 5.75 Å². The molecule has 2 N–H and O–H groups in total. The molecule has 2 rings (SSSR count). The molecule has 0 aromatic heterocycles. The van der Waals surface area contributed by atoms with Crippen LogP contribution < -0.4 is 10.5 Å². The monoisotopic (exact) mass is 235 g/mol. The number of carbonyl (C=O) groups excluding carboxylic acids is 1. The Hall–Kier alpha value is -1.55. The van der Waals surface area contributed by atoms with Crippen LogP contribution in [0.25, 0.3) is 0 Å². The van der Waals surface area contributed by atoms with Crippen molar-refractivity contribution in [3.05, 3.63) is 29.8 Å². The molecule has 92 valence electrons. The fraction of sp³-hybridized carbons (Fsp3) is 0.462. The maximum Gasteiger partial charge on any atom is 0.325 e. The Balaban J connectivity index is 2.11. The van der Waals surface area contributed by atoms with Crippen molar-refractivity contribution >= 4 is 5.97 Å². The van der Waals surface area contributed by atoms with Gasteiger partial charge in [-0.1, -0.05) is 18.2 Å². The van der Waals surface area contributed by atoms with Gasteiger partial charge < -0.3 is 15.2 Å². The second-order valence-corrected chi connectivity index (χ2v) is 4.49. The van der Waals surface area contributed by atoms with Crippen molar-refractivity contribution in [2.45, 2.75) is 24.3 Å². The van der Waals surface area contributed by atoms with Gasteiger partial charge in [-0.05, 0) is 30.4 Å². The highest BCUT2D eigenvalue weighted by Crippen LogP contribution is 2.46. The summed E-state index contributed by atoms with van der Waals surface area (Å²) in [6, 6.07) is 7.83. The van der Waals surface area contributed by atoms with Crippen LogP contribution in [0.15, 0.2) is 24.3 Å². The van der Waals surface area contributed by atoms with Crippen molar-refractivity contribution in [2.75, 3.05) is 14.2 Å². The van der Waals surface area contributed by atoms with Crippen molar-refractivity contribution in [2.24, 2.45) is 5.73 Å². The number of methoxy groups -OCH3 is 2. The molecule has 4 nitrogen and oxygen atoms in total. The molecule has 0 amide bonds. The van der Waals surface area contributed by atoms with E-state index in [-0.39, 0.29) is 11.9 Å². The normalized spacial score (nSPS) is 27.1. The molecule has 0 aliphatic heterocycles. The van der Waals surface area contributed by atoms with Crippen molar-refractivity contribution in [1.82, 2.24) is 0 Å². The Labute approximate surface area is 101 Å². The number of nitrogens with two attached hydrogens (primary N) is 1. The summed E-state index contributed by atoms with van der Waals surface area (Å²) < 4.78 is 10.0. The van der Waals surface area contributed by atoms with Gasteiger partial charge in [0.15, 0.2) is 0 Å². The Bertz CT molecular complexity index is 424. The molecule has 1 aromatic carbocycles. The number of hydrogen-bond donors (Lipinski definition) is 1. The minimum atomic E-state index is -0.819. The number of esters is 1. The number of para-hydroxylation sites is 1. The molecule has 1 aromatic rings. The van der Waals surface area contributed by atoms with E-state index in [1.54, 1.807) is 7.11 Å². The zero-order valence-electron chi connectivity index (χ0n) is 10.1. The van der Waals surface area contributed by atoms with Crippen molar-refractivity contribution in [1.29, 1.82) is 0 Å². The van der Waals surface area contributed by atoms with Crippen LogP contribution in [0.4, 0.5) is 0 Å². The van der Waals surface area contributed by atoms with E-state index in [2.05, 4.69) is 0 Å². The number of ether oxygens (including phenoxy) is 2. The highest BCUT2D eigenvalue weighted by molar-refractivity contribution is 5.82. The van der Waals surface area contributed by atoms with Gasteiger partial charge in [0.25, 0.3) is 0 Å². The second-order valence-electron chi connectivity index (χ2n) is 4.49. The van der Waals surface area contributed by atoms with Gasteiger partial charge in [0, 0.05) is 0 Å². The van der Waals surface area contributed by atoms with Gasteiger partial charge in [-0.15, -0.1) is 0 Å². The summed E-state index contributed by atoms with van der Waals surface area (Å²) >= 11 is 0. The van der Waals surface area contributed by atoms with E-state index < -0.39 is 5.54 Å². The van der Waals surface area contributed by atoms with Crippen molar-refractivity contribution in [3.63, 3.8) is 0 Å². The molecule has 0 atom stereocenters. The fourth-order valence-electron chi connectivity index (χ4n) is 2.41. The molecule has 1 fully saturated rings. The zero-order chi connectivity index (χ0) is 12.5. The van der Waals surface area contributed by atoms with Gasteiger partial charge in [0.2, 0.25) is 0 Å². The first-order chi connectivity index (χ1) is 8.10. The van der Waals surface area contributed by atoms with E-state index in [9.17, 15) is 4.79 Å². The third-order valence-corrected chi connectivity index (χ3v) is 3.39. The van der Waals surface area contributed by atoms with E-state index in [4.69, 9.17) is 15.2 Å². The first-order valence-electron chi connectivity index (χ1n) is 5.61. The molecular weight excluding hydrogens is 218 g/mol. The number of rotatable bonds is 3. The van der Waals surface area contributed by atoms with Gasteiger partial charge >= 0.3 is 5.97 Å². The van der Waals surface area contributed by atoms with E-state index in [0.717, 1.165) is 11.3 Å². The minimum Gasteiger partial charge on any atom is -0.496 e. The molecular formula is C13H17NO3. The van der Waals surface area contributed by atoms with Crippen molar-refractivity contribution in [3.8, 4) is 5.75 Å². The topological polar surface area (TPSA) is 61.5 Å². The lowest BCUT2D eigenvalue weighted by Crippen LogP contribution is -2.57. The van der Waals surface area contributed by atoms with E-state index in [1.807, 2.05) is 24.3 Å². The first kappa shape index (κ1) is 11.9. The molecule has 0 heterocycles. The highest BCUT2D eigenvalue weighted by atomic mass is 16.5. The van der Waals surface area contributed by atoms with Gasteiger partial charge in [0.05, 0.1) is 14.2 Å². The lowest BCUT2D eigenvalue weighted by Gasteiger charge is -2.42. The molecule has 0 radical (unpaired) electrons. The van der Waals surface area contributed by atoms with Crippen LogP contribution in [0.1, 0.15) is 24.3 Å². The van der Waals surface area contributed by atoms with Gasteiger partial charge in [0.1, 0.15) is 11.3 Å². The molecule has 0 spiro atoms. The highest BCUT2D eigenvalue weighted by Gasteiger charge is 2.49. The number of benzene rings is 1. The second kappa shape index (κ2) is 4.37. The van der Waals surface area contributed by atoms with Gasteiger partial charge in [-0.25, -0.2) is 0 Å². The van der Waals surface area contributed by atoms with Crippen LogP contribution in [0.3, 0.4) is 0 Å². The lowest BCUT2D eigenvalue weighted by molar-refractivity contribution is -0.151. The van der Waals surface area contributed by atoms with E-state index in [0.29, 0.717) is 12.8 Å². The summed E-state index contributed by atoms with van der Waals surface area (Å²) in [7, 11) is 3.01. The predicted octanol–water partition coefficient (Wildman–Crippen LogP) is 1.44. The van der Waals surface area contributed by atoms with Gasteiger partial charge in [-0.2, -0.15) is 0 Å². The summed E-state index contributed by atoms with van der Waals surface area (Å²) in [5.74, 6) is 0.795. The molecule has 1 saturated carbocycles. The first-order valence-corrected chi connectivity index (χ1v) is 5.61. The van der Waals surface area contributed by atoms with Crippen molar-refractivity contribution < 1.29 is 14.3 Å². The lowest BCUT2D eigenvalue weighted by atomic mass is 9.66. The summed E-state index contributed by atoms with van der Waals surface area (Å²) in [6.07, 6.45) is 1.22. The molecule has 1 aliphatic rings. The Morgan fingerprint density at radius 2 is 2.00 bits per heavy atom. The average molecular weight is 235 g/mol. The summed E-state index contributed by atoms with van der Waals surface area (Å²) in [5, 5.41) is 0. The third kappa shape index (κ3) is 2.00. The molecule has 17 heavy (non-hydrogen) atoms. The number of carbonyl (C=O) groups is 1. The molecule has 0 unspecified atom stereocenters. The maximum absolute atomic E-state index is 11.5. The SMILES string of the molecule is COC(=O)C1(N)CC(c2ccccc2OC)C1.